The molecule has 0 saturated carbocycles. The molecule has 0 aliphatic carbocycles. The molecular formula is C13H19N3O3. The number of carboxylic acids is 1. The van der Waals surface area contributed by atoms with Crippen LogP contribution in [0.4, 0.5) is 0 Å². The van der Waals surface area contributed by atoms with Crippen molar-refractivity contribution in [2.45, 2.75) is 6.54 Å². The van der Waals surface area contributed by atoms with E-state index >= 15 is 0 Å². The Hall–Kier alpha value is -1.66. The van der Waals surface area contributed by atoms with Gasteiger partial charge in [-0.1, -0.05) is 0 Å². The molecule has 1 aliphatic rings. The summed E-state index contributed by atoms with van der Waals surface area (Å²) in [5, 5.41) is 8.91. The van der Waals surface area contributed by atoms with Crippen LogP contribution in [0.15, 0.2) is 23.3 Å². The molecule has 0 radical (unpaired) electrons. The van der Waals surface area contributed by atoms with E-state index in [4.69, 9.17) is 5.11 Å². The molecule has 2 heterocycles. The third kappa shape index (κ3) is 3.65. The maximum atomic E-state index is 11.3. The molecule has 1 saturated heterocycles. The second-order valence-electron chi connectivity index (χ2n) is 4.91. The van der Waals surface area contributed by atoms with Gasteiger partial charge in [-0.3, -0.25) is 9.69 Å². The molecule has 0 amide bonds. The van der Waals surface area contributed by atoms with Crippen LogP contribution in [0.5, 0.6) is 0 Å². The maximum absolute atomic E-state index is 11.3. The molecule has 1 fully saturated rings. The second-order valence-corrected chi connectivity index (χ2v) is 4.91. The van der Waals surface area contributed by atoms with E-state index < -0.39 is 11.4 Å². The molecule has 104 valence electrons. The number of carboxylic acid groups (broad SMARTS) is 1. The average molecular weight is 265 g/mol. The van der Waals surface area contributed by atoms with Crippen LogP contribution in [0.2, 0.25) is 0 Å². The van der Waals surface area contributed by atoms with E-state index in [0.717, 1.165) is 32.7 Å². The number of nitrogens with zero attached hydrogens (tertiary/aromatic N) is 3. The topological polar surface area (TPSA) is 65.8 Å². The fourth-order valence-electron chi connectivity index (χ4n) is 2.15. The molecule has 6 nitrogen and oxygen atoms in total. The average Bonchev–Trinajstić information content (AvgIpc) is 2.39. The van der Waals surface area contributed by atoms with Gasteiger partial charge in [0.1, 0.15) is 5.56 Å². The van der Waals surface area contributed by atoms with Crippen molar-refractivity contribution >= 4 is 5.97 Å². The van der Waals surface area contributed by atoms with Gasteiger partial charge in [0.15, 0.2) is 5.43 Å². The Morgan fingerprint density at radius 3 is 2.58 bits per heavy atom. The maximum Gasteiger partial charge on any atom is 0.341 e. The van der Waals surface area contributed by atoms with Gasteiger partial charge in [0, 0.05) is 57.7 Å². The third-order valence-electron chi connectivity index (χ3n) is 3.48. The first-order valence-electron chi connectivity index (χ1n) is 6.40. The van der Waals surface area contributed by atoms with Crippen LogP contribution in [0.3, 0.4) is 0 Å². The molecule has 19 heavy (non-hydrogen) atoms. The predicted octanol–water partition coefficient (Wildman–Crippen LogP) is -0.206. The number of rotatable bonds is 4. The Morgan fingerprint density at radius 2 is 1.95 bits per heavy atom. The molecule has 1 aliphatic heterocycles. The number of likely N-dealkylation sites (N-methyl/N-ethyl adjacent to an activating group) is 1. The fourth-order valence-corrected chi connectivity index (χ4v) is 2.15. The van der Waals surface area contributed by atoms with Crippen molar-refractivity contribution in [1.29, 1.82) is 0 Å². The highest BCUT2D eigenvalue weighted by Crippen LogP contribution is 2.00. The standard InChI is InChI=1S/C13H19N3O3/c1-14-4-6-15(7-5-14)8-9-16-3-2-12(17)11(10-16)13(18)19/h2-3,10H,4-9H2,1H3,(H,18,19). The van der Waals surface area contributed by atoms with Crippen molar-refractivity contribution in [3.05, 3.63) is 34.2 Å². The molecule has 0 spiro atoms. The second kappa shape index (κ2) is 5.99. The summed E-state index contributed by atoms with van der Waals surface area (Å²) in [5.41, 5.74) is -0.607. The number of aromatic nitrogens is 1. The fraction of sp³-hybridized carbons (Fsp3) is 0.538. The molecule has 1 aromatic rings. The van der Waals surface area contributed by atoms with Crippen molar-refractivity contribution < 1.29 is 9.90 Å². The van der Waals surface area contributed by atoms with E-state index in [9.17, 15) is 9.59 Å². The van der Waals surface area contributed by atoms with Crippen LogP contribution in [0, 0.1) is 0 Å². The van der Waals surface area contributed by atoms with Gasteiger partial charge in [-0.25, -0.2) is 4.79 Å². The summed E-state index contributed by atoms with van der Waals surface area (Å²) in [4.78, 5) is 26.9. The summed E-state index contributed by atoms with van der Waals surface area (Å²) in [6.07, 6.45) is 3.06. The Bertz CT molecular complexity index is 504. The van der Waals surface area contributed by atoms with Crippen molar-refractivity contribution in [2.24, 2.45) is 0 Å². The minimum atomic E-state index is -1.17. The molecule has 0 unspecified atom stereocenters. The summed E-state index contributed by atoms with van der Waals surface area (Å²) >= 11 is 0. The zero-order valence-corrected chi connectivity index (χ0v) is 11.1. The SMILES string of the molecule is CN1CCN(CCn2ccc(=O)c(C(=O)O)c2)CC1. The Morgan fingerprint density at radius 1 is 1.26 bits per heavy atom. The first-order valence-corrected chi connectivity index (χ1v) is 6.40. The van der Waals surface area contributed by atoms with Gasteiger partial charge in [0.2, 0.25) is 0 Å². The number of aromatic carboxylic acids is 1. The number of carbonyl (C=O) groups is 1. The van der Waals surface area contributed by atoms with Crippen molar-refractivity contribution in [2.75, 3.05) is 39.8 Å². The van der Waals surface area contributed by atoms with Crippen LogP contribution in [0.1, 0.15) is 10.4 Å². The smallest absolute Gasteiger partial charge is 0.341 e. The molecule has 1 N–H and O–H groups in total. The highest BCUT2D eigenvalue weighted by molar-refractivity contribution is 5.86. The van der Waals surface area contributed by atoms with Gasteiger partial charge in [0.05, 0.1) is 0 Å². The minimum absolute atomic E-state index is 0.166. The molecular weight excluding hydrogens is 246 g/mol. The van der Waals surface area contributed by atoms with E-state index in [1.807, 2.05) is 0 Å². The highest BCUT2D eigenvalue weighted by Gasteiger charge is 2.13. The first-order chi connectivity index (χ1) is 9.06. The van der Waals surface area contributed by atoms with Crippen molar-refractivity contribution in [3.63, 3.8) is 0 Å². The predicted molar refractivity (Wildman–Crippen MR) is 71.6 cm³/mol. The van der Waals surface area contributed by atoms with Gasteiger partial charge in [0.25, 0.3) is 0 Å². The number of hydrogen-bond donors (Lipinski definition) is 1. The molecule has 0 aromatic carbocycles. The van der Waals surface area contributed by atoms with Crippen LogP contribution < -0.4 is 5.43 Å². The van der Waals surface area contributed by atoms with Crippen molar-refractivity contribution in [3.8, 4) is 0 Å². The van der Waals surface area contributed by atoms with Crippen molar-refractivity contribution in [1.82, 2.24) is 14.4 Å². The summed E-state index contributed by atoms with van der Waals surface area (Å²) in [6.45, 7) is 5.75. The minimum Gasteiger partial charge on any atom is -0.477 e. The third-order valence-corrected chi connectivity index (χ3v) is 3.48. The number of pyridine rings is 1. The van der Waals surface area contributed by atoms with Crippen LogP contribution >= 0.6 is 0 Å². The van der Waals surface area contributed by atoms with E-state index in [0.29, 0.717) is 6.54 Å². The van der Waals surface area contributed by atoms with E-state index in [1.54, 1.807) is 10.8 Å². The van der Waals surface area contributed by atoms with Crippen LogP contribution in [-0.4, -0.2) is 65.2 Å². The molecule has 1 aromatic heterocycles. The summed E-state index contributed by atoms with van der Waals surface area (Å²) in [7, 11) is 2.11. The van der Waals surface area contributed by atoms with E-state index in [1.165, 1.54) is 12.3 Å². The summed E-state index contributed by atoms with van der Waals surface area (Å²) < 4.78 is 1.77. The first kappa shape index (κ1) is 13.8. The quantitative estimate of drug-likeness (QED) is 0.816. The van der Waals surface area contributed by atoms with Gasteiger partial charge in [-0.2, -0.15) is 0 Å². The van der Waals surface area contributed by atoms with Crippen LogP contribution in [-0.2, 0) is 6.54 Å². The Balaban J connectivity index is 1.94. The lowest BCUT2D eigenvalue weighted by atomic mass is 10.2. The zero-order valence-electron chi connectivity index (χ0n) is 11.1. The Labute approximate surface area is 111 Å². The zero-order chi connectivity index (χ0) is 13.8. The molecule has 0 atom stereocenters. The van der Waals surface area contributed by atoms with Gasteiger partial charge in [-0.15, -0.1) is 0 Å². The van der Waals surface area contributed by atoms with Gasteiger partial charge in [-0.05, 0) is 7.05 Å². The van der Waals surface area contributed by atoms with E-state index in [-0.39, 0.29) is 5.56 Å². The molecule has 6 heteroatoms. The highest BCUT2D eigenvalue weighted by atomic mass is 16.4. The number of hydrogen-bond acceptors (Lipinski definition) is 4. The normalized spacial score (nSPS) is 17.5. The molecule has 0 bridgehead atoms. The van der Waals surface area contributed by atoms with E-state index in [2.05, 4.69) is 16.8 Å². The van der Waals surface area contributed by atoms with Gasteiger partial charge < -0.3 is 14.6 Å². The lowest BCUT2D eigenvalue weighted by molar-refractivity contribution is 0.0694. The molecule has 2 rings (SSSR count). The lowest BCUT2D eigenvalue weighted by Gasteiger charge is -2.32. The largest absolute Gasteiger partial charge is 0.477 e. The summed E-state index contributed by atoms with van der Waals surface area (Å²) in [6, 6.07) is 1.31. The number of piperazine rings is 1. The van der Waals surface area contributed by atoms with Crippen LogP contribution in [0.25, 0.3) is 0 Å². The Kier molecular flexibility index (Phi) is 4.34. The van der Waals surface area contributed by atoms with Gasteiger partial charge >= 0.3 is 5.97 Å². The monoisotopic (exact) mass is 265 g/mol. The summed E-state index contributed by atoms with van der Waals surface area (Å²) in [5.74, 6) is -1.17. The lowest BCUT2D eigenvalue weighted by Crippen LogP contribution is -2.45.